The monoisotopic (exact) mass is 384 g/mol. The molecule has 2 aliphatic rings. The molecule has 2 fully saturated rings. The molecular weight excluding hydrogens is 355 g/mol. The van der Waals surface area contributed by atoms with Crippen LogP contribution in [0.3, 0.4) is 0 Å². The molecule has 0 aliphatic heterocycles. The summed E-state index contributed by atoms with van der Waals surface area (Å²) in [5, 5.41) is 3.28. The highest BCUT2D eigenvalue weighted by molar-refractivity contribution is 5.94. The van der Waals surface area contributed by atoms with E-state index in [9.17, 15) is 9.18 Å². The van der Waals surface area contributed by atoms with Crippen LogP contribution in [0.4, 0.5) is 10.2 Å². The first kappa shape index (κ1) is 19.0. The Labute approximate surface area is 165 Å². The van der Waals surface area contributed by atoms with Crippen molar-refractivity contribution in [1.29, 1.82) is 0 Å². The first-order chi connectivity index (χ1) is 13.4. The molecule has 2 aromatic heterocycles. The molecular formula is C22H29FN4O. The van der Waals surface area contributed by atoms with Gasteiger partial charge < -0.3 is 16.0 Å². The Morgan fingerprint density at radius 2 is 2.14 bits per heavy atom. The quantitative estimate of drug-likeness (QED) is 0.731. The van der Waals surface area contributed by atoms with Crippen molar-refractivity contribution in [3.63, 3.8) is 0 Å². The second-order valence-electron chi connectivity index (χ2n) is 8.71. The fourth-order valence-electron chi connectivity index (χ4n) is 5.42. The molecule has 6 heteroatoms. The van der Waals surface area contributed by atoms with E-state index in [1.807, 2.05) is 0 Å². The summed E-state index contributed by atoms with van der Waals surface area (Å²) in [4.78, 5) is 19.8. The van der Waals surface area contributed by atoms with Crippen LogP contribution in [0.5, 0.6) is 0 Å². The molecule has 4 rings (SSSR count). The summed E-state index contributed by atoms with van der Waals surface area (Å²) in [6, 6.07) is 3.27. The van der Waals surface area contributed by atoms with Gasteiger partial charge in [0.25, 0.3) is 5.91 Å². The van der Waals surface area contributed by atoms with Gasteiger partial charge in [0.2, 0.25) is 0 Å². The van der Waals surface area contributed by atoms with Crippen LogP contribution < -0.4 is 11.1 Å². The molecule has 2 aliphatic carbocycles. The van der Waals surface area contributed by atoms with Gasteiger partial charge in [0.15, 0.2) is 0 Å². The van der Waals surface area contributed by atoms with Crippen LogP contribution in [-0.2, 0) is 0 Å². The number of nitrogens with one attached hydrogen (secondary N) is 2. The number of anilines is 1. The number of aromatic nitrogens is 2. The number of amides is 1. The Kier molecular flexibility index (Phi) is 5.13. The third-order valence-corrected chi connectivity index (χ3v) is 6.76. The predicted molar refractivity (Wildman–Crippen MR) is 108 cm³/mol. The van der Waals surface area contributed by atoms with E-state index < -0.39 is 5.82 Å². The molecule has 28 heavy (non-hydrogen) atoms. The molecule has 2 saturated carbocycles. The smallest absolute Gasteiger partial charge is 0.267 e. The van der Waals surface area contributed by atoms with Crippen molar-refractivity contribution in [2.45, 2.75) is 52.0 Å². The predicted octanol–water partition coefficient (Wildman–Crippen LogP) is 4.38. The van der Waals surface area contributed by atoms with E-state index in [0.717, 1.165) is 18.0 Å². The highest BCUT2D eigenvalue weighted by Crippen LogP contribution is 2.45. The van der Waals surface area contributed by atoms with Gasteiger partial charge in [0.05, 0.1) is 6.20 Å². The van der Waals surface area contributed by atoms with Crippen LogP contribution >= 0.6 is 0 Å². The zero-order valence-corrected chi connectivity index (χ0v) is 16.5. The minimum absolute atomic E-state index is 0.108. The minimum atomic E-state index is -0.454. The molecule has 2 heterocycles. The fraction of sp³-hybridized carbons (Fsp3) is 0.545. The van der Waals surface area contributed by atoms with Crippen molar-refractivity contribution in [1.82, 2.24) is 15.3 Å². The maximum absolute atomic E-state index is 13.5. The van der Waals surface area contributed by atoms with Crippen molar-refractivity contribution in [3.05, 3.63) is 36.0 Å². The van der Waals surface area contributed by atoms with E-state index >= 15 is 0 Å². The lowest BCUT2D eigenvalue weighted by Gasteiger charge is -2.47. The van der Waals surface area contributed by atoms with Gasteiger partial charge >= 0.3 is 0 Å². The third kappa shape index (κ3) is 3.64. The number of carbonyl (C=O) groups excluding carboxylic acids is 1. The number of fused-ring (bicyclic) bond motifs is 2. The largest absolute Gasteiger partial charge is 0.383 e. The van der Waals surface area contributed by atoms with Gasteiger partial charge in [-0.15, -0.1) is 0 Å². The number of nitrogen functional groups attached to an aromatic ring is 1. The molecule has 1 amide bonds. The van der Waals surface area contributed by atoms with Crippen molar-refractivity contribution >= 4 is 11.7 Å². The highest BCUT2D eigenvalue weighted by Gasteiger charge is 2.41. The Morgan fingerprint density at radius 3 is 2.93 bits per heavy atom. The maximum Gasteiger partial charge on any atom is 0.267 e. The SMILES string of the molecule is CCC1CC2CC(C)C(NC(=O)c3cc(-c4cc(F)cnc4N)c[nH]3)C(C1)C2. The molecule has 150 valence electrons. The van der Waals surface area contributed by atoms with Crippen molar-refractivity contribution in [3.8, 4) is 11.1 Å². The van der Waals surface area contributed by atoms with Crippen LogP contribution in [0.25, 0.3) is 11.1 Å². The number of halogens is 1. The minimum Gasteiger partial charge on any atom is -0.383 e. The Balaban J connectivity index is 1.49. The summed E-state index contributed by atoms with van der Waals surface area (Å²) in [5.41, 5.74) is 7.48. The van der Waals surface area contributed by atoms with Gasteiger partial charge in [0, 0.05) is 23.4 Å². The topological polar surface area (TPSA) is 83.8 Å². The van der Waals surface area contributed by atoms with Crippen LogP contribution in [0.1, 0.15) is 56.4 Å². The zero-order chi connectivity index (χ0) is 19.8. The van der Waals surface area contributed by atoms with E-state index in [4.69, 9.17) is 5.73 Å². The van der Waals surface area contributed by atoms with Gasteiger partial charge in [-0.25, -0.2) is 9.37 Å². The van der Waals surface area contributed by atoms with Gasteiger partial charge in [-0.05, 0) is 61.5 Å². The van der Waals surface area contributed by atoms with Crippen LogP contribution in [0.15, 0.2) is 24.5 Å². The molecule has 0 aromatic carbocycles. The molecule has 4 N–H and O–H groups in total. The van der Waals surface area contributed by atoms with E-state index in [0.29, 0.717) is 28.7 Å². The molecule has 5 atom stereocenters. The number of hydrogen-bond acceptors (Lipinski definition) is 3. The Morgan fingerprint density at radius 1 is 1.32 bits per heavy atom. The van der Waals surface area contributed by atoms with Gasteiger partial charge in [0.1, 0.15) is 17.3 Å². The Bertz CT molecular complexity index is 862. The van der Waals surface area contributed by atoms with Crippen molar-refractivity contribution in [2.24, 2.45) is 23.7 Å². The summed E-state index contributed by atoms with van der Waals surface area (Å²) in [6.07, 6.45) is 8.98. The fourth-order valence-corrected chi connectivity index (χ4v) is 5.42. The lowest BCUT2D eigenvalue weighted by molar-refractivity contribution is 0.0552. The van der Waals surface area contributed by atoms with Crippen molar-refractivity contribution < 1.29 is 9.18 Å². The number of aromatic amines is 1. The normalized spacial score (nSPS) is 29.5. The molecule has 5 nitrogen and oxygen atoms in total. The summed E-state index contributed by atoms with van der Waals surface area (Å²) in [6.45, 7) is 4.53. The van der Waals surface area contributed by atoms with E-state index in [2.05, 4.69) is 29.1 Å². The van der Waals surface area contributed by atoms with Gasteiger partial charge in [-0.2, -0.15) is 0 Å². The average Bonchev–Trinajstić information content (AvgIpc) is 3.16. The maximum atomic E-state index is 13.5. The number of nitrogens with zero attached hydrogens (tertiary/aromatic N) is 1. The van der Waals surface area contributed by atoms with Crippen LogP contribution in [-0.4, -0.2) is 21.9 Å². The number of nitrogens with two attached hydrogens (primary N) is 1. The lowest BCUT2D eigenvalue weighted by atomic mass is 9.62. The molecule has 0 radical (unpaired) electrons. The zero-order valence-electron chi connectivity index (χ0n) is 16.5. The lowest BCUT2D eigenvalue weighted by Crippen LogP contribution is -2.50. The number of hydrogen-bond donors (Lipinski definition) is 3. The molecule has 2 bridgehead atoms. The molecule has 2 aromatic rings. The second kappa shape index (κ2) is 7.57. The summed E-state index contributed by atoms with van der Waals surface area (Å²) >= 11 is 0. The first-order valence-corrected chi connectivity index (χ1v) is 10.3. The van der Waals surface area contributed by atoms with Crippen LogP contribution in [0.2, 0.25) is 0 Å². The summed E-state index contributed by atoms with van der Waals surface area (Å²) in [5.74, 6) is 2.33. The number of carbonyl (C=O) groups is 1. The van der Waals surface area contributed by atoms with E-state index in [1.165, 1.54) is 38.2 Å². The van der Waals surface area contributed by atoms with Gasteiger partial charge in [-0.1, -0.05) is 20.3 Å². The first-order valence-electron chi connectivity index (χ1n) is 10.3. The molecule has 5 unspecified atom stereocenters. The number of pyridine rings is 1. The average molecular weight is 384 g/mol. The number of rotatable bonds is 4. The van der Waals surface area contributed by atoms with Gasteiger partial charge in [-0.3, -0.25) is 4.79 Å². The third-order valence-electron chi connectivity index (χ3n) is 6.76. The summed E-state index contributed by atoms with van der Waals surface area (Å²) in [7, 11) is 0. The standard InChI is InChI=1S/C22H29FN4O/c1-3-13-5-14-4-12(2)20(15(6-13)7-14)27-22(28)19-8-16(10-25-19)18-9-17(23)11-26-21(18)24/h8-15,20,25H,3-7H2,1-2H3,(H2,24,26)(H,27,28). The molecule has 0 spiro atoms. The van der Waals surface area contributed by atoms with Crippen molar-refractivity contribution in [2.75, 3.05) is 5.73 Å². The Hall–Kier alpha value is -2.37. The van der Waals surface area contributed by atoms with Crippen LogP contribution in [0, 0.1) is 29.5 Å². The molecule has 0 saturated heterocycles. The second-order valence-corrected chi connectivity index (χ2v) is 8.71. The number of H-pyrrole nitrogens is 1. The summed E-state index contributed by atoms with van der Waals surface area (Å²) < 4.78 is 13.5. The van der Waals surface area contributed by atoms with E-state index in [-0.39, 0.29) is 17.8 Å². The highest BCUT2D eigenvalue weighted by atomic mass is 19.1. The van der Waals surface area contributed by atoms with E-state index in [1.54, 1.807) is 12.3 Å².